The number of likely N-dealkylation sites (tertiary alicyclic amines) is 1. The summed E-state index contributed by atoms with van der Waals surface area (Å²) in [5.74, 6) is 0. The molecule has 1 atom stereocenters. The van der Waals surface area contributed by atoms with Crippen LogP contribution >= 0.6 is 0 Å². The lowest BCUT2D eigenvalue weighted by molar-refractivity contribution is 0.0563. The first kappa shape index (κ1) is 17.0. The van der Waals surface area contributed by atoms with Gasteiger partial charge in [-0.25, -0.2) is 4.98 Å². The van der Waals surface area contributed by atoms with E-state index in [1.807, 2.05) is 32.4 Å². The molecule has 0 spiro atoms. The normalized spacial score (nSPS) is 20.7. The van der Waals surface area contributed by atoms with Crippen LogP contribution in [0.4, 0.5) is 5.69 Å². The highest BCUT2D eigenvalue weighted by atomic mass is 16.3. The molecule has 4 rings (SSSR count). The Balaban J connectivity index is 1.46. The van der Waals surface area contributed by atoms with Crippen LogP contribution in [-0.4, -0.2) is 57.1 Å². The second kappa shape index (κ2) is 6.70. The van der Waals surface area contributed by atoms with Crippen LogP contribution < -0.4 is 4.90 Å². The molecule has 3 heterocycles. The van der Waals surface area contributed by atoms with E-state index in [0.29, 0.717) is 13.1 Å². The highest BCUT2D eigenvalue weighted by molar-refractivity contribution is 5.89. The Morgan fingerprint density at radius 2 is 2.04 bits per heavy atom. The molecular weight excluding hydrogens is 326 g/mol. The van der Waals surface area contributed by atoms with Crippen molar-refractivity contribution in [3.8, 4) is 0 Å². The number of nitrogens with zero attached hydrogens (tertiary/aromatic N) is 5. The van der Waals surface area contributed by atoms with Gasteiger partial charge in [-0.15, -0.1) is 0 Å². The Morgan fingerprint density at radius 3 is 2.85 bits per heavy atom. The Hall–Kier alpha value is -2.44. The summed E-state index contributed by atoms with van der Waals surface area (Å²) in [6.45, 7) is 3.08. The van der Waals surface area contributed by atoms with Gasteiger partial charge in [0.2, 0.25) is 0 Å². The van der Waals surface area contributed by atoms with Crippen LogP contribution in [0.25, 0.3) is 11.0 Å². The molecule has 136 valence electrons. The molecule has 0 bridgehead atoms. The van der Waals surface area contributed by atoms with Crippen molar-refractivity contribution in [3.63, 3.8) is 0 Å². The molecule has 1 fully saturated rings. The molecule has 1 aromatic carbocycles. The van der Waals surface area contributed by atoms with Crippen molar-refractivity contribution >= 4 is 16.7 Å². The lowest BCUT2D eigenvalue weighted by Gasteiger charge is -2.30. The fraction of sp³-hybridized carbons (Fsp3) is 0.400. The average molecular weight is 351 g/mol. The molecule has 1 unspecified atom stereocenters. The summed E-state index contributed by atoms with van der Waals surface area (Å²) in [6, 6.07) is 12.4. The number of benzene rings is 1. The van der Waals surface area contributed by atoms with Crippen LogP contribution in [0.5, 0.6) is 0 Å². The van der Waals surface area contributed by atoms with Crippen LogP contribution in [0, 0.1) is 0 Å². The summed E-state index contributed by atoms with van der Waals surface area (Å²) in [5, 5.41) is 16.4. The number of aryl methyl sites for hydroxylation is 1. The Bertz CT molecular complexity index is 894. The van der Waals surface area contributed by atoms with Gasteiger partial charge < -0.3 is 10.0 Å². The molecule has 2 aromatic heterocycles. The van der Waals surface area contributed by atoms with Crippen LogP contribution in [0.2, 0.25) is 0 Å². The topological polar surface area (TPSA) is 57.4 Å². The van der Waals surface area contributed by atoms with E-state index in [4.69, 9.17) is 0 Å². The summed E-state index contributed by atoms with van der Waals surface area (Å²) in [7, 11) is 3.92. The lowest BCUT2D eigenvalue weighted by atomic mass is 10.0. The van der Waals surface area contributed by atoms with E-state index in [1.54, 1.807) is 10.9 Å². The van der Waals surface area contributed by atoms with Gasteiger partial charge >= 0.3 is 0 Å². The Morgan fingerprint density at radius 1 is 1.23 bits per heavy atom. The third-order valence-electron chi connectivity index (χ3n) is 5.22. The van der Waals surface area contributed by atoms with E-state index in [-0.39, 0.29) is 0 Å². The second-order valence-electron chi connectivity index (χ2n) is 7.36. The highest BCUT2D eigenvalue weighted by Gasteiger charge is 2.37. The Labute approximate surface area is 153 Å². The standard InChI is InChI=1S/C20H25N5O/c1-23(18-8-10-21-19-17(18)12-22-24(19)2)14-20(26)9-11-25(15-20)13-16-6-4-3-5-7-16/h3-8,10,12,26H,9,11,13-15H2,1-2H3. The molecule has 26 heavy (non-hydrogen) atoms. The van der Waals surface area contributed by atoms with E-state index in [0.717, 1.165) is 36.2 Å². The molecule has 1 saturated heterocycles. The molecule has 0 saturated carbocycles. The minimum absolute atomic E-state index is 0.590. The van der Waals surface area contributed by atoms with Gasteiger partial charge in [-0.1, -0.05) is 30.3 Å². The molecule has 1 N–H and O–H groups in total. The Kier molecular flexibility index (Phi) is 4.38. The minimum Gasteiger partial charge on any atom is -0.387 e. The van der Waals surface area contributed by atoms with Crippen LogP contribution in [0.15, 0.2) is 48.8 Å². The number of hydrogen-bond donors (Lipinski definition) is 1. The summed E-state index contributed by atoms with van der Waals surface area (Å²) in [5.41, 5.74) is 2.49. The number of pyridine rings is 1. The number of anilines is 1. The SMILES string of the molecule is CN(CC1(O)CCN(Cc2ccccc2)C1)c1ccnc2c1cnn2C. The summed E-state index contributed by atoms with van der Waals surface area (Å²) in [6.07, 6.45) is 4.43. The summed E-state index contributed by atoms with van der Waals surface area (Å²) >= 11 is 0. The quantitative estimate of drug-likeness (QED) is 0.762. The van der Waals surface area contributed by atoms with Gasteiger partial charge in [0, 0.05) is 46.5 Å². The van der Waals surface area contributed by atoms with E-state index in [9.17, 15) is 5.11 Å². The van der Waals surface area contributed by atoms with Gasteiger partial charge in [-0.3, -0.25) is 9.58 Å². The molecule has 0 amide bonds. The molecule has 6 nitrogen and oxygen atoms in total. The fourth-order valence-electron chi connectivity index (χ4n) is 3.94. The zero-order valence-corrected chi connectivity index (χ0v) is 15.3. The van der Waals surface area contributed by atoms with Gasteiger partial charge in [0.05, 0.1) is 22.9 Å². The van der Waals surface area contributed by atoms with Crippen LogP contribution in [0.3, 0.4) is 0 Å². The van der Waals surface area contributed by atoms with E-state index >= 15 is 0 Å². The van der Waals surface area contributed by atoms with E-state index in [1.165, 1.54) is 5.56 Å². The summed E-state index contributed by atoms with van der Waals surface area (Å²) in [4.78, 5) is 8.85. The molecule has 0 aliphatic carbocycles. The first-order valence-corrected chi connectivity index (χ1v) is 9.01. The zero-order valence-electron chi connectivity index (χ0n) is 15.3. The number of likely N-dealkylation sites (N-methyl/N-ethyl adjacent to an activating group) is 1. The number of aliphatic hydroxyl groups is 1. The van der Waals surface area contributed by atoms with Crippen molar-refractivity contribution in [2.24, 2.45) is 7.05 Å². The van der Waals surface area contributed by atoms with Gasteiger partial charge in [0.25, 0.3) is 0 Å². The van der Waals surface area contributed by atoms with Crippen molar-refractivity contribution < 1.29 is 5.11 Å². The predicted molar refractivity (Wildman–Crippen MR) is 103 cm³/mol. The van der Waals surface area contributed by atoms with Crippen molar-refractivity contribution in [2.75, 3.05) is 31.6 Å². The average Bonchev–Trinajstić information content (AvgIpc) is 3.19. The van der Waals surface area contributed by atoms with Crippen LogP contribution in [0.1, 0.15) is 12.0 Å². The maximum Gasteiger partial charge on any atom is 0.159 e. The van der Waals surface area contributed by atoms with Gasteiger partial charge in [-0.2, -0.15) is 5.10 Å². The first-order chi connectivity index (χ1) is 12.5. The highest BCUT2D eigenvalue weighted by Crippen LogP contribution is 2.29. The third kappa shape index (κ3) is 3.30. The predicted octanol–water partition coefficient (Wildman–Crippen LogP) is 2.04. The molecule has 6 heteroatoms. The van der Waals surface area contributed by atoms with Crippen molar-refractivity contribution in [2.45, 2.75) is 18.6 Å². The lowest BCUT2D eigenvalue weighted by Crippen LogP contribution is -2.43. The molecule has 3 aromatic rings. The van der Waals surface area contributed by atoms with E-state index in [2.05, 4.69) is 44.1 Å². The number of rotatable bonds is 5. The number of fused-ring (bicyclic) bond motifs is 1. The van der Waals surface area contributed by atoms with Crippen molar-refractivity contribution in [1.82, 2.24) is 19.7 Å². The molecular formula is C20H25N5O. The fourth-order valence-corrected chi connectivity index (χ4v) is 3.94. The number of hydrogen-bond acceptors (Lipinski definition) is 5. The smallest absolute Gasteiger partial charge is 0.159 e. The van der Waals surface area contributed by atoms with E-state index < -0.39 is 5.60 Å². The van der Waals surface area contributed by atoms with Gasteiger partial charge in [0.15, 0.2) is 5.65 Å². The van der Waals surface area contributed by atoms with Gasteiger partial charge in [0.1, 0.15) is 0 Å². The zero-order chi connectivity index (χ0) is 18.1. The molecule has 1 aliphatic rings. The number of β-amino-alcohol motifs (C(OH)–C–C–N with tert-alkyl or cyclic N) is 1. The maximum absolute atomic E-state index is 11.1. The molecule has 0 radical (unpaired) electrons. The van der Waals surface area contributed by atoms with Gasteiger partial charge in [-0.05, 0) is 18.1 Å². The summed E-state index contributed by atoms with van der Waals surface area (Å²) < 4.78 is 1.78. The number of aromatic nitrogens is 3. The largest absolute Gasteiger partial charge is 0.387 e. The van der Waals surface area contributed by atoms with Crippen molar-refractivity contribution in [1.29, 1.82) is 0 Å². The monoisotopic (exact) mass is 351 g/mol. The molecule has 1 aliphatic heterocycles. The minimum atomic E-state index is -0.707. The second-order valence-corrected chi connectivity index (χ2v) is 7.36. The third-order valence-corrected chi connectivity index (χ3v) is 5.22. The van der Waals surface area contributed by atoms with Crippen LogP contribution in [-0.2, 0) is 13.6 Å². The maximum atomic E-state index is 11.1. The van der Waals surface area contributed by atoms with Crippen molar-refractivity contribution in [3.05, 3.63) is 54.4 Å². The first-order valence-electron chi connectivity index (χ1n) is 9.01.